The van der Waals surface area contributed by atoms with E-state index in [1.54, 1.807) is 0 Å². The van der Waals surface area contributed by atoms with Crippen LogP contribution in [0.3, 0.4) is 0 Å². The molecule has 0 aliphatic heterocycles. The summed E-state index contributed by atoms with van der Waals surface area (Å²) in [7, 11) is 0. The van der Waals surface area contributed by atoms with Gasteiger partial charge < -0.3 is 9.84 Å². The van der Waals surface area contributed by atoms with Gasteiger partial charge in [0.05, 0.1) is 0 Å². The van der Waals surface area contributed by atoms with E-state index < -0.39 is 12.1 Å². The average Bonchev–Trinajstić information content (AvgIpc) is 2.88. The number of esters is 1. The van der Waals surface area contributed by atoms with Crippen molar-refractivity contribution in [2.24, 2.45) is 0 Å². The molecule has 0 aliphatic rings. The third-order valence-corrected chi connectivity index (χ3v) is 7.60. The van der Waals surface area contributed by atoms with E-state index in [4.69, 9.17) is 4.74 Å². The summed E-state index contributed by atoms with van der Waals surface area (Å²) >= 11 is 0. The van der Waals surface area contributed by atoms with Crippen LogP contribution in [0.4, 0.5) is 0 Å². The van der Waals surface area contributed by atoms with Crippen molar-refractivity contribution < 1.29 is 19.4 Å². The van der Waals surface area contributed by atoms with E-state index in [1.165, 1.54) is 128 Å². The van der Waals surface area contributed by atoms with Crippen molar-refractivity contribution in [2.75, 3.05) is 0 Å². The van der Waals surface area contributed by atoms with Crippen LogP contribution in [0.5, 0.6) is 0 Å². The Morgan fingerprint density at radius 1 is 0.486 bits per heavy atom. The molecule has 4 nitrogen and oxygen atoms in total. The summed E-state index contributed by atoms with van der Waals surface area (Å²) in [5.74, 6) is -1.34. The molecule has 1 unspecified atom stereocenters. The first-order chi connectivity index (χ1) is 18.1. The van der Waals surface area contributed by atoms with Gasteiger partial charge in [0.1, 0.15) is 0 Å². The summed E-state index contributed by atoms with van der Waals surface area (Å²) in [5.41, 5.74) is 0. The molecule has 0 saturated carbocycles. The molecule has 0 aromatic carbocycles. The van der Waals surface area contributed by atoms with Crippen LogP contribution in [-0.4, -0.2) is 23.1 Å². The predicted molar refractivity (Wildman–Crippen MR) is 158 cm³/mol. The highest BCUT2D eigenvalue weighted by Crippen LogP contribution is 2.16. The van der Waals surface area contributed by atoms with Crippen LogP contribution in [0.15, 0.2) is 0 Å². The highest BCUT2D eigenvalue weighted by molar-refractivity contribution is 5.77. The quantitative estimate of drug-likeness (QED) is 0.0749. The van der Waals surface area contributed by atoms with Gasteiger partial charge in [0, 0.05) is 6.42 Å². The summed E-state index contributed by atoms with van der Waals surface area (Å²) < 4.78 is 5.29. The molecule has 0 fully saturated rings. The zero-order valence-corrected chi connectivity index (χ0v) is 25.0. The maximum absolute atomic E-state index is 12.1. The van der Waals surface area contributed by atoms with Crippen molar-refractivity contribution in [1.29, 1.82) is 0 Å². The Bertz CT molecular complexity index is 491. The molecular weight excluding hydrogens is 460 g/mol. The van der Waals surface area contributed by atoms with Crippen LogP contribution in [0.25, 0.3) is 0 Å². The van der Waals surface area contributed by atoms with Gasteiger partial charge in [0.25, 0.3) is 0 Å². The van der Waals surface area contributed by atoms with Gasteiger partial charge in [-0.05, 0) is 19.3 Å². The molecule has 0 aromatic heterocycles. The third-order valence-electron chi connectivity index (χ3n) is 7.60. The number of carbonyl (C=O) groups is 2. The van der Waals surface area contributed by atoms with Crippen LogP contribution in [0.1, 0.15) is 194 Å². The minimum atomic E-state index is -1.00. The SMILES string of the molecule is CCCCCCCCCCCCCCCC(=O)OC(CCCCCCCCCCCCCCC)C(=O)O. The number of unbranched alkanes of at least 4 members (excludes halogenated alkanes) is 24. The number of carboxylic acids is 1. The Hall–Kier alpha value is -1.06. The lowest BCUT2D eigenvalue weighted by atomic mass is 10.0. The normalized spacial score (nSPS) is 12.1. The van der Waals surface area contributed by atoms with Gasteiger partial charge in [0.15, 0.2) is 6.10 Å². The van der Waals surface area contributed by atoms with Crippen LogP contribution in [0.2, 0.25) is 0 Å². The fourth-order valence-electron chi connectivity index (χ4n) is 5.09. The lowest BCUT2D eigenvalue weighted by molar-refractivity contribution is -0.164. The van der Waals surface area contributed by atoms with Gasteiger partial charge in [-0.3, -0.25) is 4.79 Å². The maximum atomic E-state index is 12.1. The maximum Gasteiger partial charge on any atom is 0.345 e. The smallest absolute Gasteiger partial charge is 0.345 e. The third kappa shape index (κ3) is 27.8. The Morgan fingerprint density at radius 2 is 0.784 bits per heavy atom. The molecule has 1 N–H and O–H groups in total. The number of carbonyl (C=O) groups excluding carboxylic acids is 1. The van der Waals surface area contributed by atoms with Crippen LogP contribution >= 0.6 is 0 Å². The second kappa shape index (κ2) is 29.5. The van der Waals surface area contributed by atoms with E-state index in [-0.39, 0.29) is 5.97 Å². The lowest BCUT2D eigenvalue weighted by Crippen LogP contribution is -2.27. The van der Waals surface area contributed by atoms with Gasteiger partial charge in [-0.2, -0.15) is 0 Å². The summed E-state index contributed by atoms with van der Waals surface area (Å²) in [5, 5.41) is 9.42. The molecule has 1 atom stereocenters. The highest BCUT2D eigenvalue weighted by atomic mass is 16.6. The van der Waals surface area contributed by atoms with Crippen molar-refractivity contribution >= 4 is 11.9 Å². The van der Waals surface area contributed by atoms with Gasteiger partial charge in [-0.1, -0.05) is 168 Å². The molecule has 0 spiro atoms. The summed E-state index contributed by atoms with van der Waals surface area (Å²) in [4.78, 5) is 23.6. The Morgan fingerprint density at radius 3 is 1.11 bits per heavy atom. The summed E-state index contributed by atoms with van der Waals surface area (Å²) in [6, 6.07) is 0. The Balaban J connectivity index is 3.55. The molecule has 37 heavy (non-hydrogen) atoms. The molecule has 220 valence electrons. The fourth-order valence-corrected chi connectivity index (χ4v) is 5.09. The molecule has 4 heteroatoms. The number of carboxylic acid groups (broad SMARTS) is 1. The summed E-state index contributed by atoms with van der Waals surface area (Å²) in [6.45, 7) is 4.52. The van der Waals surface area contributed by atoms with Crippen molar-refractivity contribution in [1.82, 2.24) is 0 Å². The monoisotopic (exact) mass is 524 g/mol. The van der Waals surface area contributed by atoms with Crippen molar-refractivity contribution in [3.8, 4) is 0 Å². The van der Waals surface area contributed by atoms with E-state index in [1.807, 2.05) is 0 Å². The van der Waals surface area contributed by atoms with Crippen molar-refractivity contribution in [3.05, 3.63) is 0 Å². The lowest BCUT2D eigenvalue weighted by Gasteiger charge is -2.13. The van der Waals surface area contributed by atoms with Crippen LogP contribution in [-0.2, 0) is 14.3 Å². The molecule has 0 saturated heterocycles. The van der Waals surface area contributed by atoms with Gasteiger partial charge in [-0.25, -0.2) is 4.79 Å². The number of rotatable bonds is 30. The first kappa shape index (κ1) is 35.9. The molecule has 0 bridgehead atoms. The second-order valence-corrected chi connectivity index (χ2v) is 11.3. The van der Waals surface area contributed by atoms with Gasteiger partial charge in [0.2, 0.25) is 0 Å². The Kier molecular flexibility index (Phi) is 28.7. The molecular formula is C33H64O4. The molecule has 0 aliphatic carbocycles. The minimum absolute atomic E-state index is 0.342. The number of hydrogen-bond donors (Lipinski definition) is 1. The van der Waals surface area contributed by atoms with E-state index in [0.29, 0.717) is 12.8 Å². The first-order valence-electron chi connectivity index (χ1n) is 16.5. The average molecular weight is 525 g/mol. The largest absolute Gasteiger partial charge is 0.479 e. The zero-order chi connectivity index (χ0) is 27.2. The predicted octanol–water partition coefficient (Wildman–Crippen LogP) is 10.9. The highest BCUT2D eigenvalue weighted by Gasteiger charge is 2.21. The zero-order valence-electron chi connectivity index (χ0n) is 25.0. The van der Waals surface area contributed by atoms with Crippen molar-refractivity contribution in [3.63, 3.8) is 0 Å². The fraction of sp³-hybridized carbons (Fsp3) is 0.939. The van der Waals surface area contributed by atoms with E-state index >= 15 is 0 Å². The van der Waals surface area contributed by atoms with Gasteiger partial charge in [-0.15, -0.1) is 0 Å². The second-order valence-electron chi connectivity index (χ2n) is 11.3. The minimum Gasteiger partial charge on any atom is -0.479 e. The van der Waals surface area contributed by atoms with E-state index in [2.05, 4.69) is 13.8 Å². The number of aliphatic carboxylic acids is 1. The number of hydrogen-bond acceptors (Lipinski definition) is 3. The molecule has 0 heterocycles. The molecule has 0 aromatic rings. The van der Waals surface area contributed by atoms with Gasteiger partial charge >= 0.3 is 11.9 Å². The Labute approximate surface area is 231 Å². The standard InChI is InChI=1S/C33H64O4/c1-3-5-7-9-11-13-15-17-19-21-23-25-27-29-31(33(35)36)37-32(34)30-28-26-24-22-20-18-16-14-12-10-8-6-4-2/h31H,3-30H2,1-2H3,(H,35,36). The van der Waals surface area contributed by atoms with Crippen LogP contribution in [0, 0.1) is 0 Å². The van der Waals surface area contributed by atoms with Crippen LogP contribution < -0.4 is 0 Å². The summed E-state index contributed by atoms with van der Waals surface area (Å²) in [6.07, 6.45) is 32.7. The van der Waals surface area contributed by atoms with Crippen molar-refractivity contribution in [2.45, 2.75) is 200 Å². The molecule has 0 radical (unpaired) electrons. The van der Waals surface area contributed by atoms with E-state index in [0.717, 1.165) is 38.5 Å². The number of ether oxygens (including phenoxy) is 1. The topological polar surface area (TPSA) is 63.6 Å². The first-order valence-corrected chi connectivity index (χ1v) is 16.5. The van der Waals surface area contributed by atoms with E-state index in [9.17, 15) is 14.7 Å². The molecule has 0 rings (SSSR count). The molecule has 0 amide bonds.